The second kappa shape index (κ2) is 6.93. The van der Waals surface area contributed by atoms with E-state index < -0.39 is 5.97 Å². The van der Waals surface area contributed by atoms with E-state index in [9.17, 15) is 9.59 Å². The van der Waals surface area contributed by atoms with Gasteiger partial charge in [0.1, 0.15) is 12.3 Å². The summed E-state index contributed by atoms with van der Waals surface area (Å²) >= 11 is 0. The van der Waals surface area contributed by atoms with E-state index in [-0.39, 0.29) is 30.9 Å². The first-order chi connectivity index (χ1) is 9.30. The number of benzene rings is 1. The van der Waals surface area contributed by atoms with E-state index in [2.05, 4.69) is 26.1 Å². The number of ether oxygens (including phenoxy) is 1. The number of hydrogen-bond donors (Lipinski definition) is 2. The normalized spacial score (nSPS) is 10.9. The molecule has 2 N–H and O–H groups in total. The molecule has 0 aromatic heterocycles. The summed E-state index contributed by atoms with van der Waals surface area (Å²) in [6.45, 7) is 6.13. The van der Waals surface area contributed by atoms with Crippen molar-refractivity contribution in [3.8, 4) is 5.75 Å². The molecular formula is C15H21NO4. The molecule has 0 saturated carbocycles. The minimum atomic E-state index is -1.06. The average Bonchev–Trinajstić information content (AvgIpc) is 2.36. The number of hydrogen-bond acceptors (Lipinski definition) is 3. The lowest BCUT2D eigenvalue weighted by molar-refractivity contribution is -0.138. The molecule has 0 heterocycles. The number of carboxylic acids is 1. The molecule has 1 aromatic carbocycles. The van der Waals surface area contributed by atoms with Crippen LogP contribution in [-0.4, -0.2) is 30.1 Å². The summed E-state index contributed by atoms with van der Waals surface area (Å²) < 4.78 is 5.63. The molecule has 0 aliphatic carbocycles. The van der Waals surface area contributed by atoms with Crippen LogP contribution in [0.3, 0.4) is 0 Å². The lowest BCUT2D eigenvalue weighted by atomic mass is 9.86. The summed E-state index contributed by atoms with van der Waals surface area (Å²) in [5.41, 5.74) is 1.04. The Hall–Kier alpha value is -2.04. The maximum atomic E-state index is 11.4. The predicted octanol–water partition coefficient (Wildman–Crippen LogP) is 1.95. The molecule has 0 bridgehead atoms. The fraction of sp³-hybridized carbons (Fsp3) is 0.467. The van der Waals surface area contributed by atoms with Gasteiger partial charge in [0.05, 0.1) is 13.0 Å². The smallest absolute Gasteiger partial charge is 0.322 e. The number of rotatable bonds is 6. The molecule has 5 nitrogen and oxygen atoms in total. The largest absolute Gasteiger partial charge is 0.493 e. The van der Waals surface area contributed by atoms with E-state index in [4.69, 9.17) is 9.84 Å². The fourth-order valence-corrected chi connectivity index (χ4v) is 1.73. The average molecular weight is 279 g/mol. The summed E-state index contributed by atoms with van der Waals surface area (Å²) in [5, 5.41) is 10.7. The second-order valence-corrected chi connectivity index (χ2v) is 5.52. The molecule has 20 heavy (non-hydrogen) atoms. The Kier molecular flexibility index (Phi) is 5.55. The Labute approximate surface area is 118 Å². The number of carbonyl (C=O) groups is 2. The van der Waals surface area contributed by atoms with Crippen LogP contribution in [0.15, 0.2) is 24.3 Å². The highest BCUT2D eigenvalue weighted by molar-refractivity contribution is 5.81. The van der Waals surface area contributed by atoms with Crippen LogP contribution in [0.2, 0.25) is 0 Å². The van der Waals surface area contributed by atoms with Gasteiger partial charge in [0.25, 0.3) is 0 Å². The standard InChI is InChI=1S/C15H21NO4/c1-15(2,3)11-6-4-5-7-12(11)20-9-8-13(17)16-10-14(18)19/h4-7H,8-10H2,1-3H3,(H,16,17)(H,18,19). The summed E-state index contributed by atoms with van der Waals surface area (Å²) in [4.78, 5) is 21.7. The zero-order valence-electron chi connectivity index (χ0n) is 12.1. The Morgan fingerprint density at radius 1 is 1.25 bits per heavy atom. The molecule has 0 fully saturated rings. The van der Waals surface area contributed by atoms with E-state index in [1.807, 2.05) is 24.3 Å². The monoisotopic (exact) mass is 279 g/mol. The molecule has 1 amide bonds. The van der Waals surface area contributed by atoms with Gasteiger partial charge in [-0.15, -0.1) is 0 Å². The second-order valence-electron chi connectivity index (χ2n) is 5.52. The lowest BCUT2D eigenvalue weighted by Crippen LogP contribution is -2.30. The van der Waals surface area contributed by atoms with Crippen LogP contribution in [0.4, 0.5) is 0 Å². The molecule has 1 rings (SSSR count). The van der Waals surface area contributed by atoms with E-state index in [1.165, 1.54) is 0 Å². The summed E-state index contributed by atoms with van der Waals surface area (Å²) in [6.07, 6.45) is 0.131. The lowest BCUT2D eigenvalue weighted by Gasteiger charge is -2.22. The van der Waals surface area contributed by atoms with Crippen molar-refractivity contribution in [2.75, 3.05) is 13.2 Å². The molecule has 0 unspecified atom stereocenters. The van der Waals surface area contributed by atoms with Crippen LogP contribution < -0.4 is 10.1 Å². The number of amides is 1. The molecule has 0 aliphatic rings. The Bertz CT molecular complexity index is 477. The van der Waals surface area contributed by atoms with Crippen LogP contribution in [-0.2, 0) is 15.0 Å². The van der Waals surface area contributed by atoms with Gasteiger partial charge < -0.3 is 15.2 Å². The van der Waals surface area contributed by atoms with Gasteiger partial charge in [-0.25, -0.2) is 0 Å². The van der Waals surface area contributed by atoms with Gasteiger partial charge in [-0.05, 0) is 17.0 Å². The van der Waals surface area contributed by atoms with Gasteiger partial charge in [-0.3, -0.25) is 9.59 Å². The molecular weight excluding hydrogens is 258 g/mol. The van der Waals surface area contributed by atoms with Gasteiger partial charge in [0, 0.05) is 0 Å². The number of aliphatic carboxylic acids is 1. The van der Waals surface area contributed by atoms with Crippen LogP contribution in [0.5, 0.6) is 5.75 Å². The third kappa shape index (κ3) is 5.30. The summed E-state index contributed by atoms with van der Waals surface area (Å²) in [6, 6.07) is 7.71. The predicted molar refractivity (Wildman–Crippen MR) is 75.9 cm³/mol. The van der Waals surface area contributed by atoms with E-state index >= 15 is 0 Å². The summed E-state index contributed by atoms with van der Waals surface area (Å²) in [7, 11) is 0. The Morgan fingerprint density at radius 2 is 1.90 bits per heavy atom. The Morgan fingerprint density at radius 3 is 2.50 bits per heavy atom. The third-order valence-corrected chi connectivity index (χ3v) is 2.72. The maximum Gasteiger partial charge on any atom is 0.322 e. The van der Waals surface area contributed by atoms with Crippen LogP contribution in [0, 0.1) is 0 Å². The van der Waals surface area contributed by atoms with Crippen molar-refractivity contribution in [2.24, 2.45) is 0 Å². The van der Waals surface area contributed by atoms with Gasteiger partial charge >= 0.3 is 5.97 Å². The SMILES string of the molecule is CC(C)(C)c1ccccc1OCCC(=O)NCC(=O)O. The van der Waals surface area contributed by atoms with Crippen molar-refractivity contribution in [3.05, 3.63) is 29.8 Å². The van der Waals surface area contributed by atoms with Crippen molar-refractivity contribution in [3.63, 3.8) is 0 Å². The zero-order chi connectivity index (χ0) is 15.2. The van der Waals surface area contributed by atoms with Gasteiger partial charge in [0.15, 0.2) is 0 Å². The quantitative estimate of drug-likeness (QED) is 0.834. The highest BCUT2D eigenvalue weighted by Gasteiger charge is 2.18. The molecule has 0 atom stereocenters. The maximum absolute atomic E-state index is 11.4. The van der Waals surface area contributed by atoms with Crippen molar-refractivity contribution < 1.29 is 19.4 Å². The van der Waals surface area contributed by atoms with Crippen LogP contribution >= 0.6 is 0 Å². The van der Waals surface area contributed by atoms with E-state index in [1.54, 1.807) is 0 Å². The third-order valence-electron chi connectivity index (χ3n) is 2.72. The summed E-state index contributed by atoms with van der Waals surface area (Å²) in [5.74, 6) is -0.635. The van der Waals surface area contributed by atoms with Gasteiger partial charge in [-0.2, -0.15) is 0 Å². The molecule has 0 aliphatic heterocycles. The molecule has 5 heteroatoms. The first-order valence-electron chi connectivity index (χ1n) is 6.51. The molecule has 0 spiro atoms. The van der Waals surface area contributed by atoms with E-state index in [0.717, 1.165) is 11.3 Å². The molecule has 0 saturated heterocycles. The van der Waals surface area contributed by atoms with Gasteiger partial charge in [-0.1, -0.05) is 39.0 Å². The van der Waals surface area contributed by atoms with E-state index in [0.29, 0.717) is 0 Å². The molecule has 110 valence electrons. The number of carbonyl (C=O) groups excluding carboxylic acids is 1. The van der Waals surface area contributed by atoms with Crippen LogP contribution in [0.1, 0.15) is 32.8 Å². The van der Waals surface area contributed by atoms with Gasteiger partial charge in [0.2, 0.25) is 5.91 Å². The molecule has 1 aromatic rings. The highest BCUT2D eigenvalue weighted by atomic mass is 16.5. The highest BCUT2D eigenvalue weighted by Crippen LogP contribution is 2.30. The van der Waals surface area contributed by atoms with Crippen molar-refractivity contribution in [1.82, 2.24) is 5.32 Å². The Balaban J connectivity index is 2.50. The number of para-hydroxylation sites is 1. The number of nitrogens with one attached hydrogen (secondary N) is 1. The fourth-order valence-electron chi connectivity index (χ4n) is 1.73. The minimum Gasteiger partial charge on any atom is -0.493 e. The van der Waals surface area contributed by atoms with Crippen molar-refractivity contribution >= 4 is 11.9 Å². The van der Waals surface area contributed by atoms with Crippen LogP contribution in [0.25, 0.3) is 0 Å². The number of carboxylic acid groups (broad SMARTS) is 1. The van der Waals surface area contributed by atoms with Crippen molar-refractivity contribution in [2.45, 2.75) is 32.6 Å². The first-order valence-corrected chi connectivity index (χ1v) is 6.51. The minimum absolute atomic E-state index is 0.0395. The molecule has 0 radical (unpaired) electrons. The first kappa shape index (κ1) is 16.0. The van der Waals surface area contributed by atoms with Crippen molar-refractivity contribution in [1.29, 1.82) is 0 Å². The topological polar surface area (TPSA) is 75.6 Å². The zero-order valence-corrected chi connectivity index (χ0v) is 12.1.